The van der Waals surface area contributed by atoms with E-state index in [0.717, 1.165) is 12.0 Å². The van der Waals surface area contributed by atoms with Crippen molar-refractivity contribution in [1.29, 1.82) is 0 Å². The summed E-state index contributed by atoms with van der Waals surface area (Å²) in [7, 11) is 3.42. The van der Waals surface area contributed by atoms with E-state index in [-0.39, 0.29) is 11.9 Å². The normalized spacial score (nSPS) is 17.8. The van der Waals surface area contributed by atoms with E-state index in [4.69, 9.17) is 10.5 Å². The van der Waals surface area contributed by atoms with Gasteiger partial charge in [-0.05, 0) is 18.6 Å². The highest BCUT2D eigenvalue weighted by atomic mass is 16.5. The van der Waals surface area contributed by atoms with Crippen molar-refractivity contribution >= 4 is 5.91 Å². The standard InChI is InChI=1S/C16H20N4O2/c1-19-10-13(16(21)20-8-7-11(17)9-20)15(18-19)12-5-3-4-6-14(12)22-2/h3-6,10-11H,7-9,17H2,1-2H3/t11-/m0/s1. The van der Waals surface area contributed by atoms with Crippen LogP contribution in [-0.2, 0) is 7.05 Å². The van der Waals surface area contributed by atoms with E-state index in [1.165, 1.54) is 0 Å². The monoisotopic (exact) mass is 300 g/mol. The first-order valence-corrected chi connectivity index (χ1v) is 7.32. The van der Waals surface area contributed by atoms with Crippen LogP contribution < -0.4 is 10.5 Å². The van der Waals surface area contributed by atoms with Crippen molar-refractivity contribution in [1.82, 2.24) is 14.7 Å². The number of hydrogen-bond donors (Lipinski definition) is 1. The number of aromatic nitrogens is 2. The van der Waals surface area contributed by atoms with Crippen molar-refractivity contribution in [3.8, 4) is 17.0 Å². The lowest BCUT2D eigenvalue weighted by Crippen LogP contribution is -2.32. The van der Waals surface area contributed by atoms with Gasteiger partial charge in [-0.15, -0.1) is 0 Å². The minimum absolute atomic E-state index is 0.0260. The van der Waals surface area contributed by atoms with Gasteiger partial charge in [0.25, 0.3) is 5.91 Å². The molecule has 0 spiro atoms. The molecular weight excluding hydrogens is 280 g/mol. The fourth-order valence-electron chi connectivity index (χ4n) is 2.83. The van der Waals surface area contributed by atoms with Crippen molar-refractivity contribution in [3.63, 3.8) is 0 Å². The van der Waals surface area contributed by atoms with Gasteiger partial charge in [0.1, 0.15) is 11.4 Å². The molecule has 1 aliphatic heterocycles. The Morgan fingerprint density at radius 1 is 1.41 bits per heavy atom. The Morgan fingerprint density at radius 2 is 2.18 bits per heavy atom. The number of likely N-dealkylation sites (tertiary alicyclic amines) is 1. The second kappa shape index (κ2) is 5.81. The number of rotatable bonds is 3. The summed E-state index contributed by atoms with van der Waals surface area (Å²) in [5.74, 6) is 0.676. The zero-order chi connectivity index (χ0) is 15.7. The first-order valence-electron chi connectivity index (χ1n) is 7.32. The Morgan fingerprint density at radius 3 is 2.86 bits per heavy atom. The first kappa shape index (κ1) is 14.6. The largest absolute Gasteiger partial charge is 0.496 e. The molecule has 0 radical (unpaired) electrons. The Bertz CT molecular complexity index is 695. The molecule has 3 rings (SSSR count). The first-order chi connectivity index (χ1) is 10.6. The van der Waals surface area contributed by atoms with Gasteiger partial charge in [0.05, 0.1) is 12.7 Å². The fraction of sp³-hybridized carbons (Fsp3) is 0.375. The molecule has 0 saturated carbocycles. The zero-order valence-electron chi connectivity index (χ0n) is 12.8. The van der Waals surface area contributed by atoms with Crippen molar-refractivity contribution in [2.75, 3.05) is 20.2 Å². The average molecular weight is 300 g/mol. The van der Waals surface area contributed by atoms with Gasteiger partial charge in [-0.25, -0.2) is 0 Å². The number of amides is 1. The maximum Gasteiger partial charge on any atom is 0.257 e. The fourth-order valence-corrected chi connectivity index (χ4v) is 2.83. The van der Waals surface area contributed by atoms with Crippen LogP contribution in [0, 0.1) is 0 Å². The SMILES string of the molecule is COc1ccccc1-c1nn(C)cc1C(=O)N1CC[C@H](N)C1. The molecule has 0 aliphatic carbocycles. The number of ether oxygens (including phenoxy) is 1. The van der Waals surface area contributed by atoms with Crippen LogP contribution >= 0.6 is 0 Å². The second-order valence-corrected chi connectivity index (χ2v) is 5.57. The molecule has 2 aromatic rings. The molecule has 1 aromatic heterocycles. The number of carbonyl (C=O) groups excluding carboxylic acids is 1. The van der Waals surface area contributed by atoms with Gasteiger partial charge in [-0.2, -0.15) is 5.10 Å². The molecule has 116 valence electrons. The third-order valence-corrected chi connectivity index (χ3v) is 3.93. The van der Waals surface area contributed by atoms with E-state index < -0.39 is 0 Å². The molecule has 1 aliphatic rings. The Kier molecular flexibility index (Phi) is 3.85. The number of carbonyl (C=O) groups is 1. The summed E-state index contributed by atoms with van der Waals surface area (Å²) >= 11 is 0. The van der Waals surface area contributed by atoms with E-state index in [1.807, 2.05) is 31.3 Å². The minimum atomic E-state index is -0.0260. The molecule has 2 N–H and O–H groups in total. The molecule has 2 heterocycles. The van der Waals surface area contributed by atoms with Crippen molar-refractivity contribution < 1.29 is 9.53 Å². The molecule has 1 atom stereocenters. The summed E-state index contributed by atoms with van der Waals surface area (Å²) in [5.41, 5.74) is 7.95. The molecule has 6 nitrogen and oxygen atoms in total. The van der Waals surface area contributed by atoms with Crippen LogP contribution in [0.1, 0.15) is 16.8 Å². The highest BCUT2D eigenvalue weighted by molar-refractivity contribution is 6.00. The van der Waals surface area contributed by atoms with E-state index >= 15 is 0 Å². The number of nitrogens with two attached hydrogens (primary N) is 1. The van der Waals surface area contributed by atoms with E-state index in [2.05, 4.69) is 5.10 Å². The topological polar surface area (TPSA) is 73.4 Å². The highest BCUT2D eigenvalue weighted by Gasteiger charge is 2.28. The number of aryl methyl sites for hydroxylation is 1. The molecule has 6 heteroatoms. The average Bonchev–Trinajstić information content (AvgIpc) is 3.12. The van der Waals surface area contributed by atoms with Crippen LogP contribution in [0.15, 0.2) is 30.5 Å². The maximum absolute atomic E-state index is 12.8. The van der Waals surface area contributed by atoms with Crippen LogP contribution in [0.3, 0.4) is 0 Å². The molecule has 1 fully saturated rings. The van der Waals surface area contributed by atoms with Crippen LogP contribution in [0.2, 0.25) is 0 Å². The molecular formula is C16H20N4O2. The smallest absolute Gasteiger partial charge is 0.257 e. The maximum atomic E-state index is 12.8. The summed E-state index contributed by atoms with van der Waals surface area (Å²) in [6.45, 7) is 1.29. The molecule has 22 heavy (non-hydrogen) atoms. The summed E-state index contributed by atoms with van der Waals surface area (Å²) in [6, 6.07) is 7.65. The van der Waals surface area contributed by atoms with Crippen molar-refractivity contribution in [3.05, 3.63) is 36.0 Å². The van der Waals surface area contributed by atoms with Crippen molar-refractivity contribution in [2.45, 2.75) is 12.5 Å². The Balaban J connectivity index is 2.01. The number of hydrogen-bond acceptors (Lipinski definition) is 4. The highest BCUT2D eigenvalue weighted by Crippen LogP contribution is 2.31. The van der Waals surface area contributed by atoms with Gasteiger partial charge in [-0.3, -0.25) is 9.48 Å². The summed E-state index contributed by atoms with van der Waals surface area (Å²) in [5, 5.41) is 4.46. The number of methoxy groups -OCH3 is 1. The van der Waals surface area contributed by atoms with Crippen LogP contribution in [0.25, 0.3) is 11.3 Å². The lowest BCUT2D eigenvalue weighted by molar-refractivity contribution is 0.0791. The molecule has 1 saturated heterocycles. The number of benzene rings is 1. The lowest BCUT2D eigenvalue weighted by Gasteiger charge is -2.16. The van der Waals surface area contributed by atoms with Crippen LogP contribution in [0.4, 0.5) is 0 Å². The summed E-state index contributed by atoms with van der Waals surface area (Å²) in [6.07, 6.45) is 2.60. The summed E-state index contributed by atoms with van der Waals surface area (Å²) in [4.78, 5) is 14.6. The van der Waals surface area contributed by atoms with Crippen LogP contribution in [0.5, 0.6) is 5.75 Å². The van der Waals surface area contributed by atoms with Gasteiger partial charge in [0, 0.05) is 37.9 Å². The second-order valence-electron chi connectivity index (χ2n) is 5.57. The van der Waals surface area contributed by atoms with Crippen molar-refractivity contribution in [2.24, 2.45) is 12.8 Å². The van der Waals surface area contributed by atoms with Gasteiger partial charge in [-0.1, -0.05) is 12.1 Å². The number of nitrogens with zero attached hydrogens (tertiary/aromatic N) is 3. The predicted molar refractivity (Wildman–Crippen MR) is 83.7 cm³/mol. The third kappa shape index (κ3) is 2.57. The molecule has 1 aromatic carbocycles. The van der Waals surface area contributed by atoms with Gasteiger partial charge >= 0.3 is 0 Å². The van der Waals surface area contributed by atoms with E-state index in [0.29, 0.717) is 30.1 Å². The Labute approximate surface area is 129 Å². The lowest BCUT2D eigenvalue weighted by atomic mass is 10.1. The summed E-state index contributed by atoms with van der Waals surface area (Å²) < 4.78 is 7.05. The van der Waals surface area contributed by atoms with Crippen LogP contribution in [-0.4, -0.2) is 46.8 Å². The minimum Gasteiger partial charge on any atom is -0.496 e. The molecule has 1 amide bonds. The molecule has 0 unspecified atom stereocenters. The Hall–Kier alpha value is -2.34. The predicted octanol–water partition coefficient (Wildman–Crippen LogP) is 1.27. The van der Waals surface area contributed by atoms with Gasteiger partial charge in [0.15, 0.2) is 0 Å². The van der Waals surface area contributed by atoms with E-state index in [9.17, 15) is 4.79 Å². The number of para-hydroxylation sites is 1. The third-order valence-electron chi connectivity index (χ3n) is 3.93. The van der Waals surface area contributed by atoms with E-state index in [1.54, 1.807) is 22.9 Å². The van der Waals surface area contributed by atoms with Gasteiger partial charge < -0.3 is 15.4 Å². The van der Waals surface area contributed by atoms with Gasteiger partial charge in [0.2, 0.25) is 0 Å². The quantitative estimate of drug-likeness (QED) is 0.926. The molecule has 0 bridgehead atoms. The zero-order valence-corrected chi connectivity index (χ0v) is 12.8.